The molecule has 0 unspecified atom stereocenters. The van der Waals surface area contributed by atoms with E-state index in [1.54, 1.807) is 11.3 Å². The number of thioether (sulfide) groups is 1. The minimum absolute atomic E-state index is 0.0597. The Kier molecular flexibility index (Phi) is 4.28. The molecule has 1 saturated carbocycles. The van der Waals surface area contributed by atoms with Crippen LogP contribution in [0.15, 0.2) is 6.07 Å². The third kappa shape index (κ3) is 3.12. The highest BCUT2D eigenvalue weighted by atomic mass is 32.2. The van der Waals surface area contributed by atoms with E-state index in [9.17, 15) is 10.1 Å². The second-order valence-electron chi connectivity index (χ2n) is 6.19. The molecule has 1 aromatic rings. The average molecular weight is 320 g/mol. The van der Waals surface area contributed by atoms with E-state index in [-0.39, 0.29) is 5.91 Å². The van der Waals surface area contributed by atoms with Crippen LogP contribution in [0, 0.1) is 17.2 Å². The summed E-state index contributed by atoms with van der Waals surface area (Å²) in [7, 11) is 0. The third-order valence-electron chi connectivity index (χ3n) is 4.55. The van der Waals surface area contributed by atoms with E-state index in [2.05, 4.69) is 18.3 Å². The fourth-order valence-electron chi connectivity index (χ4n) is 3.06. The lowest BCUT2D eigenvalue weighted by atomic mass is 9.78. The molecule has 0 bridgehead atoms. The molecule has 1 aromatic heterocycles. The standard InChI is InChI=1S/C16H20N2OS2/c1-11-2-5-16(10-17,6-3-11)18-15(19)14-8-12-9-20-7-4-13(12)21-14/h8,11H,2-7,9H2,1H3,(H,18,19). The number of nitrogens with zero attached hydrogens (tertiary/aromatic N) is 1. The number of amides is 1. The Bertz CT molecular complexity index is 556. The SMILES string of the molecule is CC1CCC(C#N)(NC(=O)c2cc3c(s2)CCSC3)CC1. The molecule has 2 aliphatic rings. The van der Waals surface area contributed by atoms with Gasteiger partial charge in [-0.3, -0.25) is 4.79 Å². The monoisotopic (exact) mass is 320 g/mol. The molecule has 1 N–H and O–H groups in total. The molecule has 0 radical (unpaired) electrons. The van der Waals surface area contributed by atoms with Crippen LogP contribution in [-0.2, 0) is 12.2 Å². The molecule has 0 spiro atoms. The van der Waals surface area contributed by atoms with E-state index in [0.717, 1.165) is 48.5 Å². The summed E-state index contributed by atoms with van der Waals surface area (Å²) in [6.07, 6.45) is 4.66. The molecule has 0 aromatic carbocycles. The summed E-state index contributed by atoms with van der Waals surface area (Å²) in [5.41, 5.74) is 0.660. The first-order valence-electron chi connectivity index (χ1n) is 7.55. The summed E-state index contributed by atoms with van der Waals surface area (Å²) >= 11 is 3.53. The number of aryl methyl sites for hydroxylation is 1. The molecule has 3 nitrogen and oxygen atoms in total. The van der Waals surface area contributed by atoms with Gasteiger partial charge in [0.25, 0.3) is 5.91 Å². The van der Waals surface area contributed by atoms with Crippen molar-refractivity contribution < 1.29 is 4.79 Å². The summed E-state index contributed by atoms with van der Waals surface area (Å²) in [6, 6.07) is 4.39. The second kappa shape index (κ2) is 6.02. The first kappa shape index (κ1) is 14.9. The molecule has 3 rings (SSSR count). The number of hydrogen-bond acceptors (Lipinski definition) is 4. The Balaban J connectivity index is 1.73. The average Bonchev–Trinajstić information content (AvgIpc) is 2.94. The van der Waals surface area contributed by atoms with E-state index in [0.29, 0.717) is 5.92 Å². The van der Waals surface area contributed by atoms with Gasteiger partial charge >= 0.3 is 0 Å². The van der Waals surface area contributed by atoms with Crippen LogP contribution in [0.5, 0.6) is 0 Å². The Hall–Kier alpha value is -0.990. The largest absolute Gasteiger partial charge is 0.333 e. The smallest absolute Gasteiger partial charge is 0.262 e. The summed E-state index contributed by atoms with van der Waals surface area (Å²) < 4.78 is 0. The van der Waals surface area contributed by atoms with Crippen molar-refractivity contribution in [1.29, 1.82) is 5.26 Å². The quantitative estimate of drug-likeness (QED) is 0.903. The third-order valence-corrected chi connectivity index (χ3v) is 6.79. The summed E-state index contributed by atoms with van der Waals surface area (Å²) in [4.78, 5) is 14.6. The van der Waals surface area contributed by atoms with Crippen molar-refractivity contribution in [3.8, 4) is 6.07 Å². The Morgan fingerprint density at radius 1 is 1.48 bits per heavy atom. The van der Waals surface area contributed by atoms with Crippen LogP contribution in [0.4, 0.5) is 0 Å². The van der Waals surface area contributed by atoms with Crippen molar-refractivity contribution in [3.63, 3.8) is 0 Å². The topological polar surface area (TPSA) is 52.9 Å². The van der Waals surface area contributed by atoms with Crippen molar-refractivity contribution in [1.82, 2.24) is 5.32 Å². The van der Waals surface area contributed by atoms with Crippen molar-refractivity contribution >= 4 is 29.0 Å². The van der Waals surface area contributed by atoms with Gasteiger partial charge in [0, 0.05) is 10.6 Å². The number of nitrogens with one attached hydrogen (secondary N) is 1. The van der Waals surface area contributed by atoms with Gasteiger partial charge in [-0.2, -0.15) is 17.0 Å². The van der Waals surface area contributed by atoms with Crippen LogP contribution in [-0.4, -0.2) is 17.2 Å². The van der Waals surface area contributed by atoms with Gasteiger partial charge in [-0.25, -0.2) is 0 Å². The Labute approximate surface area is 134 Å². The lowest BCUT2D eigenvalue weighted by Crippen LogP contribution is -2.49. The lowest BCUT2D eigenvalue weighted by molar-refractivity contribution is 0.0898. The van der Waals surface area contributed by atoms with Crippen molar-refractivity contribution in [2.45, 2.75) is 50.3 Å². The normalized spacial score (nSPS) is 28.5. The van der Waals surface area contributed by atoms with Crippen LogP contribution in [0.2, 0.25) is 0 Å². The van der Waals surface area contributed by atoms with Crippen LogP contribution in [0.3, 0.4) is 0 Å². The van der Waals surface area contributed by atoms with E-state index in [1.807, 2.05) is 17.8 Å². The first-order valence-corrected chi connectivity index (χ1v) is 9.52. The van der Waals surface area contributed by atoms with Gasteiger partial charge < -0.3 is 5.32 Å². The van der Waals surface area contributed by atoms with Gasteiger partial charge in [-0.1, -0.05) is 6.92 Å². The predicted molar refractivity (Wildman–Crippen MR) is 87.6 cm³/mol. The van der Waals surface area contributed by atoms with Crippen LogP contribution >= 0.6 is 23.1 Å². The zero-order chi connectivity index (χ0) is 14.9. The Morgan fingerprint density at radius 3 is 2.90 bits per heavy atom. The summed E-state index contributed by atoms with van der Waals surface area (Å²) in [6.45, 7) is 2.22. The fraction of sp³-hybridized carbons (Fsp3) is 0.625. The van der Waals surface area contributed by atoms with Crippen LogP contribution in [0.25, 0.3) is 0 Å². The number of thiophene rings is 1. The predicted octanol–water partition coefficient (Wildman–Crippen LogP) is 3.74. The van der Waals surface area contributed by atoms with E-state index >= 15 is 0 Å². The van der Waals surface area contributed by atoms with Gasteiger partial charge in [-0.05, 0) is 55.4 Å². The van der Waals surface area contributed by atoms with Crippen molar-refractivity contribution in [3.05, 3.63) is 21.4 Å². The number of fused-ring (bicyclic) bond motifs is 1. The maximum atomic E-state index is 12.5. The molecule has 21 heavy (non-hydrogen) atoms. The van der Waals surface area contributed by atoms with Gasteiger partial charge in [0.1, 0.15) is 5.54 Å². The fourth-order valence-corrected chi connectivity index (χ4v) is 5.33. The molecule has 112 valence electrons. The number of nitriles is 1. The molecule has 0 saturated heterocycles. The molecule has 1 aliphatic heterocycles. The highest BCUT2D eigenvalue weighted by molar-refractivity contribution is 7.98. The van der Waals surface area contributed by atoms with Crippen LogP contribution < -0.4 is 5.32 Å². The molecule has 1 amide bonds. The number of carbonyl (C=O) groups is 1. The van der Waals surface area contributed by atoms with Gasteiger partial charge in [-0.15, -0.1) is 11.3 Å². The van der Waals surface area contributed by atoms with Gasteiger partial charge in [0.05, 0.1) is 10.9 Å². The summed E-state index contributed by atoms with van der Waals surface area (Å²) in [5, 5.41) is 12.6. The zero-order valence-electron chi connectivity index (χ0n) is 12.3. The number of rotatable bonds is 2. The molecular weight excluding hydrogens is 300 g/mol. The molecule has 1 aliphatic carbocycles. The number of hydrogen-bond donors (Lipinski definition) is 1. The molecule has 1 fully saturated rings. The van der Waals surface area contributed by atoms with E-state index in [1.165, 1.54) is 10.4 Å². The lowest BCUT2D eigenvalue weighted by Gasteiger charge is -2.34. The molecule has 2 heterocycles. The second-order valence-corrected chi connectivity index (χ2v) is 8.43. The van der Waals surface area contributed by atoms with Crippen molar-refractivity contribution in [2.24, 2.45) is 5.92 Å². The summed E-state index contributed by atoms with van der Waals surface area (Å²) in [5.74, 6) is 2.76. The maximum absolute atomic E-state index is 12.5. The minimum Gasteiger partial charge on any atom is -0.333 e. The molecule has 5 heteroatoms. The zero-order valence-corrected chi connectivity index (χ0v) is 13.9. The van der Waals surface area contributed by atoms with Crippen LogP contribution in [0.1, 0.15) is 52.7 Å². The van der Waals surface area contributed by atoms with E-state index in [4.69, 9.17) is 0 Å². The number of carbonyl (C=O) groups excluding carboxylic acids is 1. The highest BCUT2D eigenvalue weighted by Crippen LogP contribution is 2.34. The van der Waals surface area contributed by atoms with Gasteiger partial charge in [0.15, 0.2) is 0 Å². The van der Waals surface area contributed by atoms with E-state index < -0.39 is 5.54 Å². The maximum Gasteiger partial charge on any atom is 0.262 e. The first-order chi connectivity index (χ1) is 10.1. The molecule has 0 atom stereocenters. The van der Waals surface area contributed by atoms with Crippen molar-refractivity contribution in [2.75, 3.05) is 5.75 Å². The minimum atomic E-state index is -0.650. The molecular formula is C16H20N2OS2. The highest BCUT2D eigenvalue weighted by Gasteiger charge is 2.36. The van der Waals surface area contributed by atoms with Gasteiger partial charge in [0.2, 0.25) is 0 Å². The Morgan fingerprint density at radius 2 is 2.24 bits per heavy atom.